The van der Waals surface area contributed by atoms with E-state index in [9.17, 15) is 24.9 Å². The molecule has 3 aliphatic heterocycles. The molecule has 2 aliphatic carbocycles. The van der Waals surface area contributed by atoms with Crippen LogP contribution in [0.15, 0.2) is 36.0 Å². The van der Waals surface area contributed by atoms with E-state index in [0.717, 1.165) is 5.57 Å². The predicted molar refractivity (Wildman–Crippen MR) is 137 cm³/mol. The van der Waals surface area contributed by atoms with Gasteiger partial charge in [-0.15, -0.1) is 0 Å². The highest BCUT2D eigenvalue weighted by atomic mass is 16.6. The molecule has 1 saturated carbocycles. The zero-order valence-corrected chi connectivity index (χ0v) is 22.9. The summed E-state index contributed by atoms with van der Waals surface area (Å²) in [6.45, 7) is 7.58. The Bertz CT molecular complexity index is 1060. The third kappa shape index (κ3) is 4.59. The number of allylic oxidation sites excluding steroid dienone is 2. The lowest BCUT2D eigenvalue weighted by Crippen LogP contribution is -2.68. The number of rotatable bonds is 1. The van der Waals surface area contributed by atoms with Crippen molar-refractivity contribution < 1.29 is 48.6 Å². The average molecular weight is 549 g/mol. The molecule has 0 aromatic carbocycles. The summed E-state index contributed by atoms with van der Waals surface area (Å²) < 4.78 is 30.2. The summed E-state index contributed by atoms with van der Waals surface area (Å²) in [5, 5.41) is 31.8. The lowest BCUT2D eigenvalue weighted by Gasteiger charge is -2.58. The zero-order valence-electron chi connectivity index (χ0n) is 22.9. The smallest absolute Gasteiger partial charge is 0.335 e. The molecule has 5 aliphatic rings. The van der Waals surface area contributed by atoms with Gasteiger partial charge in [0.1, 0.15) is 24.4 Å². The van der Waals surface area contributed by atoms with Crippen LogP contribution in [-0.4, -0.2) is 95.4 Å². The first-order valence-electron chi connectivity index (χ1n) is 13.8. The van der Waals surface area contributed by atoms with Gasteiger partial charge in [0.05, 0.1) is 36.4 Å². The van der Waals surface area contributed by atoms with E-state index in [1.54, 1.807) is 26.0 Å². The Morgan fingerprint density at radius 1 is 1.13 bits per heavy atom. The Morgan fingerprint density at radius 2 is 1.87 bits per heavy atom. The molecular weight excluding hydrogens is 508 g/mol. The van der Waals surface area contributed by atoms with Crippen LogP contribution < -0.4 is 0 Å². The molecule has 3 fully saturated rings. The molecule has 10 heteroatoms. The highest BCUT2D eigenvalue weighted by Crippen LogP contribution is 2.72. The molecule has 10 nitrogen and oxygen atoms in total. The zero-order chi connectivity index (χ0) is 28.2. The van der Waals surface area contributed by atoms with Crippen LogP contribution in [0.25, 0.3) is 0 Å². The van der Waals surface area contributed by atoms with Crippen LogP contribution >= 0.6 is 0 Å². The van der Waals surface area contributed by atoms with Gasteiger partial charge in [-0.05, 0) is 38.2 Å². The number of esters is 2. The monoisotopic (exact) mass is 548 g/mol. The first kappa shape index (κ1) is 28.4. The fraction of sp³-hybridized carbons (Fsp3) is 0.724. The molecule has 0 unspecified atom stereocenters. The highest BCUT2D eigenvalue weighted by Gasteiger charge is 2.83. The van der Waals surface area contributed by atoms with E-state index >= 15 is 0 Å². The molecule has 3 heterocycles. The number of hydrogen-bond donors (Lipinski definition) is 3. The van der Waals surface area contributed by atoms with Crippen LogP contribution in [0.1, 0.15) is 47.0 Å². The van der Waals surface area contributed by atoms with Crippen LogP contribution in [0.4, 0.5) is 0 Å². The maximum absolute atomic E-state index is 13.1. The van der Waals surface area contributed by atoms with Crippen LogP contribution in [0.5, 0.6) is 0 Å². The Hall–Kier alpha value is -2.08. The third-order valence-electron chi connectivity index (χ3n) is 9.83. The minimum absolute atomic E-state index is 0.150. The van der Waals surface area contributed by atoms with E-state index in [4.69, 9.17) is 23.7 Å². The summed E-state index contributed by atoms with van der Waals surface area (Å²) in [6, 6.07) is 0. The van der Waals surface area contributed by atoms with Gasteiger partial charge in [0.25, 0.3) is 0 Å². The normalized spacial score (nSPS) is 49.0. The fourth-order valence-corrected chi connectivity index (χ4v) is 7.05. The van der Waals surface area contributed by atoms with E-state index in [1.807, 2.05) is 19.9 Å². The molecule has 0 aromatic rings. The summed E-state index contributed by atoms with van der Waals surface area (Å²) in [7, 11) is 0. The molecular formula is C29H40O10. The summed E-state index contributed by atoms with van der Waals surface area (Å²) >= 11 is 0. The number of hydrogen-bond acceptors (Lipinski definition) is 10. The van der Waals surface area contributed by atoms with Crippen molar-refractivity contribution in [1.82, 2.24) is 0 Å². The standard InChI is InChI=1S/C29H40O10/c1-16-9-10-35-20(18(3)30)7-5-6-8-24(32)39-21-12-23-29(15-37-29)27(21,4)28(14-36-26(34)25(16)33)13-19(31)17(2)11-22(28)38-23/h5-8,11,16,18-23,25,30-31,33H,9-10,12-15H2,1-4H3/b7-5+,8-6+/t16-,18-,19+,20+,21+,22-,23-,25+,27-,28-,29-/m0/s1. The van der Waals surface area contributed by atoms with Gasteiger partial charge < -0.3 is 39.0 Å². The van der Waals surface area contributed by atoms with Crippen molar-refractivity contribution in [3.05, 3.63) is 36.0 Å². The lowest BCUT2D eigenvalue weighted by atomic mass is 9.51. The summed E-state index contributed by atoms with van der Waals surface area (Å²) in [6.07, 6.45) is 3.82. The Morgan fingerprint density at radius 3 is 2.56 bits per heavy atom. The van der Waals surface area contributed by atoms with Gasteiger partial charge in [-0.2, -0.15) is 0 Å². The topological polar surface area (TPSA) is 144 Å². The lowest BCUT2D eigenvalue weighted by molar-refractivity contribution is -0.240. The second kappa shape index (κ2) is 10.4. The number of cyclic esters (lactones) is 1. The molecule has 2 spiro atoms. The van der Waals surface area contributed by atoms with E-state index in [-0.39, 0.29) is 25.7 Å². The van der Waals surface area contributed by atoms with E-state index < -0.39 is 70.9 Å². The quantitative estimate of drug-likeness (QED) is 0.250. The number of carbonyl (C=O) groups is 2. The summed E-state index contributed by atoms with van der Waals surface area (Å²) in [5.74, 6) is -1.81. The molecule has 0 aromatic heterocycles. The van der Waals surface area contributed by atoms with Gasteiger partial charge in [-0.1, -0.05) is 38.2 Å². The Labute approximate surface area is 228 Å². The number of epoxide rings is 1. The predicted octanol–water partition coefficient (Wildman–Crippen LogP) is 1.36. The molecule has 11 atom stereocenters. The molecule has 2 saturated heterocycles. The van der Waals surface area contributed by atoms with Gasteiger partial charge in [0.15, 0.2) is 6.10 Å². The Kier molecular flexibility index (Phi) is 7.58. The van der Waals surface area contributed by atoms with Crippen molar-refractivity contribution >= 4 is 11.9 Å². The van der Waals surface area contributed by atoms with Crippen molar-refractivity contribution in [1.29, 1.82) is 0 Å². The number of aliphatic hydroxyl groups excluding tert-OH is 3. The van der Waals surface area contributed by atoms with Gasteiger partial charge >= 0.3 is 11.9 Å². The summed E-state index contributed by atoms with van der Waals surface area (Å²) in [5.41, 5.74) is -1.79. The molecule has 216 valence electrons. The van der Waals surface area contributed by atoms with Crippen LogP contribution in [-0.2, 0) is 33.3 Å². The molecule has 5 rings (SSSR count). The van der Waals surface area contributed by atoms with Gasteiger partial charge in [-0.3, -0.25) is 0 Å². The van der Waals surface area contributed by atoms with Crippen molar-refractivity contribution in [2.24, 2.45) is 16.7 Å². The van der Waals surface area contributed by atoms with Crippen LogP contribution in [0.2, 0.25) is 0 Å². The van der Waals surface area contributed by atoms with Crippen LogP contribution in [0.3, 0.4) is 0 Å². The minimum Gasteiger partial charge on any atom is -0.463 e. The van der Waals surface area contributed by atoms with Crippen molar-refractivity contribution in [3.8, 4) is 0 Å². The minimum atomic E-state index is -1.40. The van der Waals surface area contributed by atoms with Crippen LogP contribution in [0, 0.1) is 16.7 Å². The maximum atomic E-state index is 13.1. The second-order valence-corrected chi connectivity index (χ2v) is 12.0. The first-order valence-corrected chi connectivity index (χ1v) is 13.8. The first-order chi connectivity index (χ1) is 18.4. The number of carbonyl (C=O) groups excluding carboxylic acids is 2. The largest absolute Gasteiger partial charge is 0.463 e. The maximum Gasteiger partial charge on any atom is 0.335 e. The fourth-order valence-electron chi connectivity index (χ4n) is 7.05. The SMILES string of the molecule is CC1=C[C@@H]2O[C@H]3C[C@H]4OC(=O)/C=C/C=C/[C@H]([C@H](C)O)OCC[C@H](C)[C@@H](O)C(=O)OC[C@]2(C[C@H]1O)[C@@]4(C)[C@]31CO1. The Balaban J connectivity index is 1.53. The molecule has 0 radical (unpaired) electrons. The van der Waals surface area contributed by atoms with Gasteiger partial charge in [-0.25, -0.2) is 9.59 Å². The highest BCUT2D eigenvalue weighted by molar-refractivity contribution is 5.82. The molecule has 39 heavy (non-hydrogen) atoms. The van der Waals surface area contributed by atoms with Crippen molar-refractivity contribution in [3.63, 3.8) is 0 Å². The van der Waals surface area contributed by atoms with Crippen molar-refractivity contribution in [2.75, 3.05) is 19.8 Å². The summed E-state index contributed by atoms with van der Waals surface area (Å²) in [4.78, 5) is 26.1. The van der Waals surface area contributed by atoms with Crippen molar-refractivity contribution in [2.45, 2.75) is 95.3 Å². The second-order valence-electron chi connectivity index (χ2n) is 12.0. The van der Waals surface area contributed by atoms with Gasteiger partial charge in [0, 0.05) is 24.5 Å². The molecule has 2 bridgehead atoms. The average Bonchev–Trinajstić information content (AvgIpc) is 3.67. The van der Waals surface area contributed by atoms with E-state index in [1.165, 1.54) is 12.2 Å². The molecule has 0 amide bonds. The number of aliphatic hydroxyl groups is 3. The molecule has 3 N–H and O–H groups in total. The van der Waals surface area contributed by atoms with E-state index in [2.05, 4.69) is 0 Å². The number of ether oxygens (including phenoxy) is 5. The third-order valence-corrected chi connectivity index (χ3v) is 9.83. The van der Waals surface area contributed by atoms with E-state index in [0.29, 0.717) is 19.4 Å². The van der Waals surface area contributed by atoms with Gasteiger partial charge in [0.2, 0.25) is 0 Å².